The molecule has 1 N–H and O–H groups in total. The van der Waals surface area contributed by atoms with Crippen LogP contribution in [-0.2, 0) is 16.6 Å². The molecule has 32 heavy (non-hydrogen) atoms. The van der Waals surface area contributed by atoms with Gasteiger partial charge in [0.25, 0.3) is 5.91 Å². The fraction of sp³-hybridized carbons (Fsp3) is 0.240. The van der Waals surface area contributed by atoms with Gasteiger partial charge in [0.2, 0.25) is 10.0 Å². The number of thioether (sulfide) groups is 1. The molecule has 0 unspecified atom stereocenters. The molecule has 0 aromatic heterocycles. The van der Waals surface area contributed by atoms with Crippen molar-refractivity contribution in [1.29, 1.82) is 0 Å². The van der Waals surface area contributed by atoms with E-state index in [2.05, 4.69) is 36.5 Å². The average molecular weight is 469 g/mol. The Bertz CT molecular complexity index is 1160. The van der Waals surface area contributed by atoms with E-state index >= 15 is 0 Å². The van der Waals surface area contributed by atoms with Gasteiger partial charge in [-0.15, -0.1) is 11.8 Å². The fourth-order valence-corrected chi connectivity index (χ4v) is 4.83. The largest absolute Gasteiger partial charge is 0.351 e. The minimum Gasteiger partial charge on any atom is -0.351 e. The predicted octanol–water partition coefficient (Wildman–Crippen LogP) is 4.79. The molecule has 0 fully saturated rings. The van der Waals surface area contributed by atoms with Crippen LogP contribution < -0.4 is 9.62 Å². The molecule has 0 heterocycles. The highest BCUT2D eigenvalue weighted by Gasteiger charge is 2.18. The number of carbonyl (C=O) groups excluding carboxylic acids is 1. The van der Waals surface area contributed by atoms with E-state index < -0.39 is 10.0 Å². The molecular weight excluding hydrogens is 440 g/mol. The molecule has 0 aliphatic rings. The maximum absolute atomic E-state index is 12.4. The summed E-state index contributed by atoms with van der Waals surface area (Å²) in [6, 6.07) is 22.8. The second-order valence-corrected chi connectivity index (χ2v) is 10.8. The first-order chi connectivity index (χ1) is 15.2. The van der Waals surface area contributed by atoms with Crippen LogP contribution in [0, 0.1) is 13.8 Å². The Kier molecular flexibility index (Phi) is 7.99. The molecule has 3 aromatic carbocycles. The van der Waals surface area contributed by atoms with Crippen LogP contribution in [0.1, 0.15) is 27.0 Å². The summed E-state index contributed by atoms with van der Waals surface area (Å²) in [6.45, 7) is 4.75. The Morgan fingerprint density at radius 1 is 0.938 bits per heavy atom. The highest BCUT2D eigenvalue weighted by molar-refractivity contribution is 7.99. The summed E-state index contributed by atoms with van der Waals surface area (Å²) < 4.78 is 26.1. The van der Waals surface area contributed by atoms with Crippen molar-refractivity contribution in [2.75, 3.05) is 22.9 Å². The lowest BCUT2D eigenvalue weighted by molar-refractivity contribution is 0.0956. The molecule has 0 aliphatic heterocycles. The first kappa shape index (κ1) is 23.9. The molecule has 168 valence electrons. The van der Waals surface area contributed by atoms with Gasteiger partial charge in [0.1, 0.15) is 0 Å². The monoisotopic (exact) mass is 468 g/mol. The van der Waals surface area contributed by atoms with Crippen molar-refractivity contribution in [3.8, 4) is 0 Å². The third-order valence-electron chi connectivity index (χ3n) is 4.91. The van der Waals surface area contributed by atoms with Gasteiger partial charge in [-0.05, 0) is 61.4 Å². The van der Waals surface area contributed by atoms with Gasteiger partial charge in [-0.2, -0.15) is 0 Å². The maximum Gasteiger partial charge on any atom is 0.251 e. The van der Waals surface area contributed by atoms with Gasteiger partial charge in [-0.3, -0.25) is 9.10 Å². The number of rotatable bonds is 9. The second kappa shape index (κ2) is 10.7. The van der Waals surface area contributed by atoms with Gasteiger partial charge in [0.05, 0.1) is 18.5 Å². The van der Waals surface area contributed by atoms with Gasteiger partial charge in [0, 0.05) is 22.8 Å². The molecule has 0 radical (unpaired) electrons. The number of sulfonamides is 1. The minimum absolute atomic E-state index is 0.139. The van der Waals surface area contributed by atoms with Crippen LogP contribution in [0.5, 0.6) is 0 Å². The predicted molar refractivity (Wildman–Crippen MR) is 133 cm³/mol. The van der Waals surface area contributed by atoms with Crippen molar-refractivity contribution in [1.82, 2.24) is 5.32 Å². The Labute approximate surface area is 194 Å². The highest BCUT2D eigenvalue weighted by Crippen LogP contribution is 2.22. The van der Waals surface area contributed by atoms with E-state index in [4.69, 9.17) is 0 Å². The maximum atomic E-state index is 12.4. The molecule has 7 heteroatoms. The molecule has 3 rings (SSSR count). The first-order valence-electron chi connectivity index (χ1n) is 10.3. The van der Waals surface area contributed by atoms with Crippen molar-refractivity contribution in [2.45, 2.75) is 25.3 Å². The van der Waals surface area contributed by atoms with Crippen LogP contribution in [-0.4, -0.2) is 32.9 Å². The zero-order valence-corrected chi connectivity index (χ0v) is 20.2. The molecule has 0 spiro atoms. The van der Waals surface area contributed by atoms with Crippen LogP contribution in [0.3, 0.4) is 0 Å². The van der Waals surface area contributed by atoms with Gasteiger partial charge >= 0.3 is 0 Å². The van der Waals surface area contributed by atoms with E-state index in [9.17, 15) is 13.2 Å². The number of hydrogen-bond donors (Lipinski definition) is 1. The Balaban J connectivity index is 1.57. The zero-order valence-electron chi connectivity index (χ0n) is 18.5. The van der Waals surface area contributed by atoms with E-state index in [1.807, 2.05) is 25.1 Å². The van der Waals surface area contributed by atoms with Crippen molar-refractivity contribution in [3.63, 3.8) is 0 Å². The summed E-state index contributed by atoms with van der Waals surface area (Å²) in [6.07, 6.45) is 1.20. The van der Waals surface area contributed by atoms with Crippen LogP contribution in [0.2, 0.25) is 0 Å². The van der Waals surface area contributed by atoms with Gasteiger partial charge in [-0.25, -0.2) is 8.42 Å². The summed E-state index contributed by atoms with van der Waals surface area (Å²) in [5.74, 6) is 0.645. The van der Waals surface area contributed by atoms with Crippen molar-refractivity contribution in [2.24, 2.45) is 0 Å². The molecule has 0 aliphatic carbocycles. The van der Waals surface area contributed by atoms with E-state index in [1.54, 1.807) is 42.1 Å². The average Bonchev–Trinajstić information content (AvgIpc) is 2.76. The number of amides is 1. The molecule has 5 nitrogen and oxygen atoms in total. The number of nitrogens with one attached hydrogen (secondary N) is 1. The topological polar surface area (TPSA) is 66.5 Å². The summed E-state index contributed by atoms with van der Waals surface area (Å²) in [7, 11) is -3.45. The number of anilines is 1. The van der Waals surface area contributed by atoms with Gasteiger partial charge in [-0.1, -0.05) is 42.0 Å². The van der Waals surface area contributed by atoms with E-state index in [0.29, 0.717) is 17.8 Å². The normalized spacial score (nSPS) is 11.2. The zero-order chi connectivity index (χ0) is 23.1. The van der Waals surface area contributed by atoms with E-state index in [-0.39, 0.29) is 12.5 Å². The molecule has 1 amide bonds. The van der Waals surface area contributed by atoms with Crippen molar-refractivity contribution in [3.05, 3.63) is 95.1 Å². The van der Waals surface area contributed by atoms with Crippen molar-refractivity contribution < 1.29 is 13.2 Å². The van der Waals surface area contributed by atoms with Crippen molar-refractivity contribution >= 4 is 33.4 Å². The third kappa shape index (κ3) is 6.87. The molecule has 0 bridgehead atoms. The van der Waals surface area contributed by atoms with Crippen LogP contribution in [0.15, 0.2) is 77.7 Å². The first-order valence-corrected chi connectivity index (χ1v) is 13.2. The van der Waals surface area contributed by atoms with E-state index in [0.717, 1.165) is 16.9 Å². The quantitative estimate of drug-likeness (QED) is 0.362. The summed E-state index contributed by atoms with van der Waals surface area (Å²) in [4.78, 5) is 13.6. The molecular formula is C25H28N2O3S2. The number of carbonyl (C=O) groups is 1. The highest BCUT2D eigenvalue weighted by atomic mass is 32.2. The molecule has 0 saturated heterocycles. The third-order valence-corrected chi connectivity index (χ3v) is 7.06. The number of hydrogen-bond acceptors (Lipinski definition) is 4. The summed E-state index contributed by atoms with van der Waals surface area (Å²) in [5, 5.41) is 2.93. The van der Waals surface area contributed by atoms with E-state index in [1.165, 1.54) is 21.0 Å². The Hall–Kier alpha value is -2.77. The Morgan fingerprint density at radius 3 is 2.25 bits per heavy atom. The van der Waals surface area contributed by atoms with Crippen LogP contribution in [0.25, 0.3) is 0 Å². The molecule has 0 atom stereocenters. The summed E-state index contributed by atoms with van der Waals surface area (Å²) >= 11 is 1.70. The Morgan fingerprint density at radius 2 is 1.62 bits per heavy atom. The second-order valence-electron chi connectivity index (χ2n) is 7.72. The number of benzene rings is 3. The molecule has 3 aromatic rings. The SMILES string of the molecule is Cc1ccc(SCCNC(=O)c2ccc(CN(c3cccc(C)c3)S(C)(=O)=O)cc2)cc1. The number of nitrogens with zero attached hydrogens (tertiary/aromatic N) is 1. The summed E-state index contributed by atoms with van der Waals surface area (Å²) in [5.41, 5.74) is 4.20. The van der Waals surface area contributed by atoms with Crippen LogP contribution >= 0.6 is 11.8 Å². The van der Waals surface area contributed by atoms with Gasteiger partial charge in [0.15, 0.2) is 0 Å². The van der Waals surface area contributed by atoms with Crippen LogP contribution in [0.4, 0.5) is 5.69 Å². The minimum atomic E-state index is -3.45. The lowest BCUT2D eigenvalue weighted by Crippen LogP contribution is -2.29. The standard InChI is InChI=1S/C25H28N2O3S2/c1-19-7-13-24(14-8-19)31-16-15-26-25(28)22-11-9-21(10-12-22)18-27(32(3,29)30)23-6-4-5-20(2)17-23/h4-14,17H,15-16,18H2,1-3H3,(H,26,28). The lowest BCUT2D eigenvalue weighted by atomic mass is 10.1. The molecule has 0 saturated carbocycles. The number of aryl methyl sites for hydroxylation is 2. The lowest BCUT2D eigenvalue weighted by Gasteiger charge is -2.23. The smallest absolute Gasteiger partial charge is 0.251 e. The fourth-order valence-electron chi connectivity index (χ4n) is 3.18. The van der Waals surface area contributed by atoms with Gasteiger partial charge < -0.3 is 5.32 Å².